The number of amides is 1. The first-order valence-electron chi connectivity index (χ1n) is 10.0. The average Bonchev–Trinajstić information content (AvgIpc) is 3.40. The van der Waals surface area contributed by atoms with E-state index in [1.54, 1.807) is 37.3 Å². The van der Waals surface area contributed by atoms with Crippen LogP contribution in [0.2, 0.25) is 5.02 Å². The zero-order valence-electron chi connectivity index (χ0n) is 17.8. The molecule has 11 heteroatoms. The number of carbonyl (C=O) groups is 1. The number of nitrogens with one attached hydrogen (secondary N) is 1. The van der Waals surface area contributed by atoms with Crippen LogP contribution in [0.4, 0.5) is 15.9 Å². The van der Waals surface area contributed by atoms with E-state index in [-0.39, 0.29) is 41.3 Å². The first kappa shape index (κ1) is 23.0. The van der Waals surface area contributed by atoms with Gasteiger partial charge in [-0.05, 0) is 37.3 Å². The number of nitrogens with zero attached hydrogens (tertiary/aromatic N) is 3. The molecule has 2 aromatic carbocycles. The SMILES string of the molecule is Cc1cc(OCc2ccc(C(=O)Nc3nn(Cc4ccccc4F)cc3Cl)o2)ccc1[N+](=O)[O-]. The molecule has 0 unspecified atom stereocenters. The van der Waals surface area contributed by atoms with Crippen LogP contribution in [0.25, 0.3) is 0 Å². The van der Waals surface area contributed by atoms with Gasteiger partial charge in [0.15, 0.2) is 11.6 Å². The van der Waals surface area contributed by atoms with Gasteiger partial charge in [-0.1, -0.05) is 29.8 Å². The lowest BCUT2D eigenvalue weighted by Crippen LogP contribution is -2.12. The fourth-order valence-corrected chi connectivity index (χ4v) is 3.39. The van der Waals surface area contributed by atoms with Gasteiger partial charge in [0, 0.05) is 23.4 Å². The second-order valence-electron chi connectivity index (χ2n) is 7.33. The number of nitro groups is 1. The third kappa shape index (κ3) is 5.24. The van der Waals surface area contributed by atoms with Crippen molar-refractivity contribution in [1.29, 1.82) is 0 Å². The highest BCUT2D eigenvalue weighted by atomic mass is 35.5. The van der Waals surface area contributed by atoms with Crippen LogP contribution in [0.15, 0.2) is 65.2 Å². The maximum atomic E-state index is 13.9. The largest absolute Gasteiger partial charge is 0.486 e. The molecule has 0 saturated carbocycles. The smallest absolute Gasteiger partial charge is 0.292 e. The second-order valence-corrected chi connectivity index (χ2v) is 7.74. The van der Waals surface area contributed by atoms with Crippen LogP contribution in [-0.2, 0) is 13.2 Å². The maximum absolute atomic E-state index is 13.9. The van der Waals surface area contributed by atoms with Gasteiger partial charge in [-0.25, -0.2) is 4.39 Å². The number of furan rings is 1. The van der Waals surface area contributed by atoms with E-state index in [2.05, 4.69) is 10.4 Å². The monoisotopic (exact) mass is 484 g/mol. The summed E-state index contributed by atoms with van der Waals surface area (Å²) >= 11 is 6.16. The Balaban J connectivity index is 1.37. The van der Waals surface area contributed by atoms with Gasteiger partial charge in [-0.2, -0.15) is 5.10 Å². The molecular weight excluding hydrogens is 467 g/mol. The standard InChI is InChI=1S/C23H18ClFN4O5/c1-14-10-16(6-8-20(14)29(31)32)33-13-17-7-9-21(34-17)23(30)26-22-18(24)12-28(27-22)11-15-4-2-3-5-19(15)25/h2-10,12H,11,13H2,1H3,(H,26,27,30). The first-order chi connectivity index (χ1) is 16.3. The van der Waals surface area contributed by atoms with E-state index >= 15 is 0 Å². The topological polar surface area (TPSA) is 112 Å². The predicted molar refractivity (Wildman–Crippen MR) is 122 cm³/mol. The van der Waals surface area contributed by atoms with E-state index in [0.717, 1.165) is 0 Å². The number of nitro benzene ring substituents is 1. The van der Waals surface area contributed by atoms with Crippen LogP contribution < -0.4 is 10.1 Å². The number of ether oxygens (including phenoxy) is 1. The van der Waals surface area contributed by atoms with Crippen molar-refractivity contribution in [2.45, 2.75) is 20.1 Å². The van der Waals surface area contributed by atoms with Gasteiger partial charge in [0.1, 0.15) is 29.0 Å². The number of anilines is 1. The molecule has 0 bridgehead atoms. The molecule has 0 radical (unpaired) electrons. The van der Waals surface area contributed by atoms with Crippen molar-refractivity contribution in [2.75, 3.05) is 5.32 Å². The molecule has 0 atom stereocenters. The van der Waals surface area contributed by atoms with Crippen molar-refractivity contribution in [3.05, 3.63) is 104 Å². The Morgan fingerprint density at radius 1 is 1.26 bits per heavy atom. The first-order valence-corrected chi connectivity index (χ1v) is 10.4. The number of aryl methyl sites for hydroxylation is 1. The highest BCUT2D eigenvalue weighted by Crippen LogP contribution is 2.25. The molecule has 4 rings (SSSR count). The van der Waals surface area contributed by atoms with E-state index < -0.39 is 10.8 Å². The quantitative estimate of drug-likeness (QED) is 0.266. The fourth-order valence-electron chi connectivity index (χ4n) is 3.19. The number of aromatic nitrogens is 2. The summed E-state index contributed by atoms with van der Waals surface area (Å²) in [6.45, 7) is 1.78. The molecule has 1 amide bonds. The van der Waals surface area contributed by atoms with Gasteiger partial charge in [0.25, 0.3) is 11.6 Å². The minimum absolute atomic E-state index is 0.000637. The van der Waals surface area contributed by atoms with Gasteiger partial charge in [0.2, 0.25) is 0 Å². The number of benzene rings is 2. The van der Waals surface area contributed by atoms with Crippen molar-refractivity contribution in [3.63, 3.8) is 0 Å². The van der Waals surface area contributed by atoms with Crippen molar-refractivity contribution in [3.8, 4) is 5.75 Å². The number of rotatable bonds is 8. The second kappa shape index (κ2) is 9.75. The Hall–Kier alpha value is -4.18. The molecule has 0 aliphatic rings. The molecule has 0 saturated heterocycles. The van der Waals surface area contributed by atoms with Crippen LogP contribution >= 0.6 is 11.6 Å². The van der Waals surface area contributed by atoms with Gasteiger partial charge >= 0.3 is 0 Å². The van der Waals surface area contributed by atoms with Crippen LogP contribution in [0.1, 0.15) is 27.4 Å². The number of halogens is 2. The Bertz CT molecular complexity index is 1370. The van der Waals surface area contributed by atoms with Crippen molar-refractivity contribution in [2.24, 2.45) is 0 Å². The minimum Gasteiger partial charge on any atom is -0.486 e. The molecule has 0 aliphatic heterocycles. The summed E-state index contributed by atoms with van der Waals surface area (Å²) in [6.07, 6.45) is 1.48. The Morgan fingerprint density at radius 2 is 2.06 bits per heavy atom. The summed E-state index contributed by atoms with van der Waals surface area (Å²) in [6, 6.07) is 13.7. The Kier molecular flexibility index (Phi) is 6.60. The molecule has 4 aromatic rings. The van der Waals surface area contributed by atoms with Crippen LogP contribution in [0.5, 0.6) is 5.75 Å². The summed E-state index contributed by atoms with van der Waals surface area (Å²) in [5, 5.41) is 17.9. The van der Waals surface area contributed by atoms with E-state index in [9.17, 15) is 19.3 Å². The number of hydrogen-bond donors (Lipinski definition) is 1. The van der Waals surface area contributed by atoms with Crippen LogP contribution in [0.3, 0.4) is 0 Å². The molecule has 174 valence electrons. The molecular formula is C23H18ClFN4O5. The van der Waals surface area contributed by atoms with E-state index in [1.165, 1.54) is 35.1 Å². The molecule has 2 heterocycles. The lowest BCUT2D eigenvalue weighted by atomic mass is 10.2. The zero-order valence-corrected chi connectivity index (χ0v) is 18.6. The fraction of sp³-hybridized carbons (Fsp3) is 0.130. The van der Waals surface area contributed by atoms with Crippen LogP contribution in [-0.4, -0.2) is 20.6 Å². The molecule has 0 aliphatic carbocycles. The third-order valence-electron chi connectivity index (χ3n) is 4.87. The van der Waals surface area contributed by atoms with Gasteiger partial charge < -0.3 is 14.5 Å². The Morgan fingerprint density at radius 3 is 2.79 bits per heavy atom. The van der Waals surface area contributed by atoms with E-state index in [4.69, 9.17) is 20.8 Å². The predicted octanol–water partition coefficient (Wildman–Crippen LogP) is 5.36. The summed E-state index contributed by atoms with van der Waals surface area (Å²) in [4.78, 5) is 23.0. The van der Waals surface area contributed by atoms with E-state index in [1.807, 2.05) is 0 Å². The summed E-state index contributed by atoms with van der Waals surface area (Å²) in [5.41, 5.74) is 0.895. The molecule has 0 fully saturated rings. The van der Waals surface area contributed by atoms with Crippen molar-refractivity contribution < 1.29 is 23.3 Å². The van der Waals surface area contributed by atoms with Crippen LogP contribution in [0, 0.1) is 22.9 Å². The lowest BCUT2D eigenvalue weighted by Gasteiger charge is -2.05. The summed E-state index contributed by atoms with van der Waals surface area (Å²) < 4.78 is 26.4. The van der Waals surface area contributed by atoms with E-state index in [0.29, 0.717) is 22.6 Å². The number of carbonyl (C=O) groups excluding carboxylic acids is 1. The lowest BCUT2D eigenvalue weighted by molar-refractivity contribution is -0.385. The average molecular weight is 485 g/mol. The molecule has 0 spiro atoms. The summed E-state index contributed by atoms with van der Waals surface area (Å²) in [7, 11) is 0. The molecule has 2 aromatic heterocycles. The van der Waals surface area contributed by atoms with Crippen molar-refractivity contribution >= 4 is 29.0 Å². The normalized spacial score (nSPS) is 10.8. The zero-order chi connectivity index (χ0) is 24.2. The van der Waals surface area contributed by atoms with Gasteiger partial charge in [-0.15, -0.1) is 0 Å². The molecule has 1 N–H and O–H groups in total. The number of hydrogen-bond acceptors (Lipinski definition) is 6. The summed E-state index contributed by atoms with van der Waals surface area (Å²) in [5.74, 6) is -0.0174. The molecule has 9 nitrogen and oxygen atoms in total. The van der Waals surface area contributed by atoms with Crippen molar-refractivity contribution in [1.82, 2.24) is 9.78 Å². The highest BCUT2D eigenvalue weighted by molar-refractivity contribution is 6.33. The minimum atomic E-state index is -0.574. The van der Waals surface area contributed by atoms with Gasteiger partial charge in [-0.3, -0.25) is 19.6 Å². The highest BCUT2D eigenvalue weighted by Gasteiger charge is 2.17. The maximum Gasteiger partial charge on any atom is 0.292 e. The molecule has 34 heavy (non-hydrogen) atoms. The Labute approximate surface area is 197 Å². The van der Waals surface area contributed by atoms with Gasteiger partial charge in [0.05, 0.1) is 11.5 Å². The third-order valence-corrected chi connectivity index (χ3v) is 5.15.